The number of hydrogen-bond acceptors (Lipinski definition) is 3. The molecule has 1 aromatic carbocycles. The van der Waals surface area contributed by atoms with Crippen LogP contribution in [0.4, 0.5) is 8.78 Å². The number of aromatic nitrogens is 2. The molecule has 1 heterocycles. The molecule has 0 radical (unpaired) electrons. The van der Waals surface area contributed by atoms with Crippen molar-refractivity contribution in [3.8, 4) is 11.5 Å². The topological polar surface area (TPSA) is 38.9 Å². The minimum atomic E-state index is -0.681. The highest BCUT2D eigenvalue weighted by Gasteiger charge is 2.16. The van der Waals surface area contributed by atoms with E-state index in [1.165, 1.54) is 12.1 Å². The molecule has 0 saturated heterocycles. The summed E-state index contributed by atoms with van der Waals surface area (Å²) in [6.45, 7) is 1.62. The minimum Gasteiger partial charge on any atom is -0.334 e. The zero-order valence-electron chi connectivity index (χ0n) is 7.59. The number of rotatable bonds is 1. The van der Waals surface area contributed by atoms with Crippen LogP contribution in [-0.2, 0) is 0 Å². The lowest BCUT2D eigenvalue weighted by atomic mass is 10.2. The largest absolute Gasteiger partial charge is 0.334 e. The fourth-order valence-electron chi connectivity index (χ4n) is 1.10. The third-order valence-corrected chi connectivity index (χ3v) is 2.78. The Morgan fingerprint density at radius 2 is 2.07 bits per heavy atom. The predicted octanol–water partition coefficient (Wildman–Crippen LogP) is 2.93. The Morgan fingerprint density at radius 3 is 2.67 bits per heavy atom. The van der Waals surface area contributed by atoms with E-state index in [1.807, 2.05) is 0 Å². The van der Waals surface area contributed by atoms with Crippen molar-refractivity contribution in [2.24, 2.45) is 0 Å². The molecule has 0 N–H and O–H groups in total. The van der Waals surface area contributed by atoms with E-state index in [1.54, 1.807) is 29.5 Å². The summed E-state index contributed by atoms with van der Waals surface area (Å²) in [5.74, 6) is -0.820. The van der Waals surface area contributed by atoms with Crippen molar-refractivity contribution in [3.05, 3.63) is 33.2 Å². The molecule has 78 valence electrons. The van der Waals surface area contributed by atoms with Gasteiger partial charge >= 0.3 is 0 Å². The first-order valence-electron chi connectivity index (χ1n) is 4.04. The number of hydrogen-bond donors (Lipinski definition) is 0. The third kappa shape index (κ3) is 1.85. The molecule has 0 aliphatic rings. The second-order valence-corrected chi connectivity index (χ2v) is 3.95. The first-order valence-corrected chi connectivity index (χ1v) is 5.11. The first kappa shape index (κ1) is 10.5. The summed E-state index contributed by atoms with van der Waals surface area (Å²) in [5.41, 5.74) is 0.112. The number of aryl methyl sites for hydroxylation is 1. The van der Waals surface area contributed by atoms with Crippen LogP contribution in [0.1, 0.15) is 5.82 Å². The van der Waals surface area contributed by atoms with Gasteiger partial charge in [0.2, 0.25) is 0 Å². The molecule has 0 aliphatic heterocycles. The predicted molar refractivity (Wildman–Crippen MR) is 57.1 cm³/mol. The Balaban J connectivity index is 2.59. The molecule has 15 heavy (non-hydrogen) atoms. The van der Waals surface area contributed by atoms with E-state index in [9.17, 15) is 8.78 Å². The first-order chi connectivity index (χ1) is 7.09. The van der Waals surface area contributed by atoms with E-state index in [2.05, 4.69) is 10.1 Å². The van der Waals surface area contributed by atoms with Crippen LogP contribution in [0.5, 0.6) is 0 Å². The van der Waals surface area contributed by atoms with E-state index >= 15 is 0 Å². The zero-order chi connectivity index (χ0) is 11.0. The van der Waals surface area contributed by atoms with Gasteiger partial charge in [-0.3, -0.25) is 0 Å². The van der Waals surface area contributed by atoms with Crippen LogP contribution >= 0.6 is 22.6 Å². The highest BCUT2D eigenvalue weighted by atomic mass is 127. The van der Waals surface area contributed by atoms with Gasteiger partial charge in [-0.05, 0) is 41.6 Å². The Morgan fingerprint density at radius 1 is 1.33 bits per heavy atom. The maximum absolute atomic E-state index is 13.6. The number of nitrogens with zero attached hydrogens (tertiary/aromatic N) is 2. The lowest BCUT2D eigenvalue weighted by Crippen LogP contribution is -1.92. The van der Waals surface area contributed by atoms with Crippen molar-refractivity contribution in [2.45, 2.75) is 6.92 Å². The second kappa shape index (κ2) is 3.84. The molecule has 0 spiro atoms. The van der Waals surface area contributed by atoms with Crippen molar-refractivity contribution in [1.82, 2.24) is 10.1 Å². The SMILES string of the molecule is Cc1noc(-c2ccc(F)c(I)c2F)n1. The highest BCUT2D eigenvalue weighted by molar-refractivity contribution is 14.1. The van der Waals surface area contributed by atoms with E-state index in [0.717, 1.165) is 0 Å². The standard InChI is InChI=1S/C9H5F2IN2O/c1-4-13-9(15-14-4)5-2-3-6(10)8(12)7(5)11/h2-3H,1H3. The molecule has 2 aromatic rings. The summed E-state index contributed by atoms with van der Waals surface area (Å²) in [4.78, 5) is 3.87. The van der Waals surface area contributed by atoms with Crippen LogP contribution in [0.15, 0.2) is 16.7 Å². The minimum absolute atomic E-state index is 0.0583. The summed E-state index contributed by atoms with van der Waals surface area (Å²) in [6, 6.07) is 2.44. The molecule has 0 fully saturated rings. The molecule has 2 rings (SSSR count). The Labute approximate surface area is 97.6 Å². The summed E-state index contributed by atoms with van der Waals surface area (Å²) in [7, 11) is 0. The summed E-state index contributed by atoms with van der Waals surface area (Å²) < 4.78 is 31.3. The molecule has 0 atom stereocenters. The van der Waals surface area contributed by atoms with E-state index in [0.29, 0.717) is 5.82 Å². The lowest BCUT2D eigenvalue weighted by Gasteiger charge is -2.00. The van der Waals surface area contributed by atoms with Crippen LogP contribution in [0.2, 0.25) is 0 Å². The highest BCUT2D eigenvalue weighted by Crippen LogP contribution is 2.26. The lowest BCUT2D eigenvalue weighted by molar-refractivity contribution is 0.422. The van der Waals surface area contributed by atoms with Crippen LogP contribution in [0, 0.1) is 22.1 Å². The van der Waals surface area contributed by atoms with Crippen LogP contribution in [0.3, 0.4) is 0 Å². The molecule has 0 amide bonds. The molecule has 1 aromatic heterocycles. The van der Waals surface area contributed by atoms with E-state index in [4.69, 9.17) is 4.52 Å². The van der Waals surface area contributed by atoms with Gasteiger partial charge in [-0.15, -0.1) is 0 Å². The molecule has 0 aliphatic carbocycles. The molecule has 0 saturated carbocycles. The van der Waals surface area contributed by atoms with Gasteiger partial charge in [-0.25, -0.2) is 8.78 Å². The molecule has 6 heteroatoms. The molecule has 0 bridgehead atoms. The quantitative estimate of drug-likeness (QED) is 0.599. The van der Waals surface area contributed by atoms with Gasteiger partial charge in [0.1, 0.15) is 5.82 Å². The third-order valence-electron chi connectivity index (χ3n) is 1.79. The molecular formula is C9H5F2IN2O. The van der Waals surface area contributed by atoms with Crippen molar-refractivity contribution in [3.63, 3.8) is 0 Å². The average molecular weight is 322 g/mol. The zero-order valence-corrected chi connectivity index (χ0v) is 9.75. The summed E-state index contributed by atoms with van der Waals surface area (Å²) in [6.07, 6.45) is 0. The average Bonchev–Trinajstić information content (AvgIpc) is 2.61. The van der Waals surface area contributed by atoms with Gasteiger partial charge in [-0.2, -0.15) is 4.98 Å². The van der Waals surface area contributed by atoms with Gasteiger partial charge in [0.15, 0.2) is 11.6 Å². The van der Waals surface area contributed by atoms with Gasteiger partial charge < -0.3 is 4.52 Å². The smallest absolute Gasteiger partial charge is 0.260 e. The van der Waals surface area contributed by atoms with Crippen LogP contribution in [0.25, 0.3) is 11.5 Å². The van der Waals surface area contributed by atoms with Gasteiger partial charge in [-0.1, -0.05) is 5.16 Å². The fourth-order valence-corrected chi connectivity index (χ4v) is 1.57. The number of halogens is 3. The van der Waals surface area contributed by atoms with Crippen LogP contribution in [-0.4, -0.2) is 10.1 Å². The van der Waals surface area contributed by atoms with Gasteiger partial charge in [0.25, 0.3) is 5.89 Å². The summed E-state index contributed by atoms with van der Waals surface area (Å²) >= 11 is 1.59. The number of benzene rings is 1. The maximum Gasteiger partial charge on any atom is 0.260 e. The van der Waals surface area contributed by atoms with Gasteiger partial charge in [0, 0.05) is 0 Å². The maximum atomic E-state index is 13.6. The Kier molecular flexibility index (Phi) is 2.68. The normalized spacial score (nSPS) is 10.7. The monoisotopic (exact) mass is 322 g/mol. The van der Waals surface area contributed by atoms with Crippen molar-refractivity contribution in [2.75, 3.05) is 0 Å². The van der Waals surface area contributed by atoms with Crippen molar-refractivity contribution >= 4 is 22.6 Å². The second-order valence-electron chi connectivity index (χ2n) is 2.87. The van der Waals surface area contributed by atoms with Crippen LogP contribution < -0.4 is 0 Å². The Bertz CT molecular complexity index is 513. The fraction of sp³-hybridized carbons (Fsp3) is 0.111. The van der Waals surface area contributed by atoms with E-state index in [-0.39, 0.29) is 15.0 Å². The van der Waals surface area contributed by atoms with Crippen molar-refractivity contribution in [1.29, 1.82) is 0 Å². The van der Waals surface area contributed by atoms with Crippen molar-refractivity contribution < 1.29 is 13.3 Å². The molecular weight excluding hydrogens is 317 g/mol. The molecule has 0 unspecified atom stereocenters. The van der Waals surface area contributed by atoms with E-state index < -0.39 is 11.6 Å². The van der Waals surface area contributed by atoms with Gasteiger partial charge in [0.05, 0.1) is 9.13 Å². The molecule has 3 nitrogen and oxygen atoms in total. The summed E-state index contributed by atoms with van der Waals surface area (Å²) in [5, 5.41) is 3.54. The Hall–Kier alpha value is -1.05.